The number of hydrogen-bond acceptors (Lipinski definition) is 2. The van der Waals surface area contributed by atoms with Crippen LogP contribution in [-0.2, 0) is 6.18 Å². The van der Waals surface area contributed by atoms with Crippen LogP contribution in [0.25, 0.3) is 22.6 Å². The molecule has 0 aliphatic rings. The molecule has 3 nitrogen and oxygen atoms in total. The smallest absolute Gasteiger partial charge is 0.416 e. The monoisotopic (exact) mass is 252 g/mol. The largest absolute Gasteiger partial charge is 0.461 e. The lowest BCUT2D eigenvalue weighted by molar-refractivity contribution is -0.137. The molecule has 0 spiro atoms. The van der Waals surface area contributed by atoms with Gasteiger partial charge < -0.3 is 9.40 Å². The summed E-state index contributed by atoms with van der Waals surface area (Å²) in [6.45, 7) is 0. The first kappa shape index (κ1) is 10.9. The Hall–Kier alpha value is -2.24. The molecule has 2 heterocycles. The molecule has 2 aromatic heterocycles. The van der Waals surface area contributed by atoms with Crippen molar-refractivity contribution in [1.29, 1.82) is 0 Å². The van der Waals surface area contributed by atoms with E-state index in [-0.39, 0.29) is 5.52 Å². The van der Waals surface area contributed by atoms with E-state index in [1.807, 2.05) is 0 Å². The maximum Gasteiger partial charge on any atom is 0.416 e. The molecule has 3 aromatic rings. The summed E-state index contributed by atoms with van der Waals surface area (Å²) in [6.07, 6.45) is -2.89. The van der Waals surface area contributed by atoms with Crippen LogP contribution in [0.2, 0.25) is 0 Å². The van der Waals surface area contributed by atoms with Gasteiger partial charge in [-0.3, -0.25) is 0 Å². The van der Waals surface area contributed by atoms with Crippen LogP contribution in [0.15, 0.2) is 41.0 Å². The molecule has 0 aliphatic heterocycles. The molecular weight excluding hydrogens is 245 g/mol. The number of fused-ring (bicyclic) bond motifs is 1. The summed E-state index contributed by atoms with van der Waals surface area (Å²) in [5.41, 5.74) is 0.0816. The topological polar surface area (TPSA) is 41.8 Å². The summed E-state index contributed by atoms with van der Waals surface area (Å²) >= 11 is 0. The Morgan fingerprint density at radius 1 is 1.17 bits per heavy atom. The van der Waals surface area contributed by atoms with Gasteiger partial charge in [0.25, 0.3) is 0 Å². The summed E-state index contributed by atoms with van der Waals surface area (Å²) in [7, 11) is 0. The molecule has 0 atom stereocenters. The standard InChI is InChI=1S/C12H7F3N2O/c13-12(14,15)7-3-4-8-9(6-7)17-11(16-8)10-2-1-5-18-10/h1-6H,(H,16,17). The van der Waals surface area contributed by atoms with Crippen molar-refractivity contribution >= 4 is 11.0 Å². The van der Waals surface area contributed by atoms with E-state index in [2.05, 4.69) is 9.97 Å². The van der Waals surface area contributed by atoms with E-state index in [1.54, 1.807) is 12.1 Å². The molecule has 0 amide bonds. The van der Waals surface area contributed by atoms with E-state index >= 15 is 0 Å². The lowest BCUT2D eigenvalue weighted by atomic mass is 10.2. The zero-order valence-electron chi connectivity index (χ0n) is 8.95. The first-order valence-corrected chi connectivity index (χ1v) is 5.15. The van der Waals surface area contributed by atoms with Gasteiger partial charge in [-0.15, -0.1) is 0 Å². The summed E-state index contributed by atoms with van der Waals surface area (Å²) in [5, 5.41) is 0. The SMILES string of the molecule is FC(F)(F)c1ccc2[nH]c(-c3ccco3)nc2c1. The Balaban J connectivity index is 2.13. The second kappa shape index (κ2) is 3.63. The third-order valence-corrected chi connectivity index (χ3v) is 2.56. The van der Waals surface area contributed by atoms with E-state index in [4.69, 9.17) is 4.42 Å². The van der Waals surface area contributed by atoms with Gasteiger partial charge in [0.15, 0.2) is 11.6 Å². The van der Waals surface area contributed by atoms with Gasteiger partial charge in [-0.2, -0.15) is 13.2 Å². The maximum atomic E-state index is 12.5. The van der Waals surface area contributed by atoms with Crippen LogP contribution in [0.3, 0.4) is 0 Å². The summed E-state index contributed by atoms with van der Waals surface area (Å²) in [5.74, 6) is 0.897. The second-order valence-corrected chi connectivity index (χ2v) is 3.79. The fourth-order valence-electron chi connectivity index (χ4n) is 1.71. The number of alkyl halides is 3. The number of aromatic nitrogens is 2. The molecule has 3 rings (SSSR count). The Morgan fingerprint density at radius 2 is 2.00 bits per heavy atom. The minimum Gasteiger partial charge on any atom is -0.461 e. The first-order valence-electron chi connectivity index (χ1n) is 5.15. The van der Waals surface area contributed by atoms with E-state index < -0.39 is 11.7 Å². The summed E-state index contributed by atoms with van der Waals surface area (Å²) in [6, 6.07) is 6.76. The normalized spacial score (nSPS) is 12.2. The molecule has 0 unspecified atom stereocenters. The average Bonchev–Trinajstić information content (AvgIpc) is 2.95. The van der Waals surface area contributed by atoms with Crippen molar-refractivity contribution in [3.05, 3.63) is 42.2 Å². The average molecular weight is 252 g/mol. The highest BCUT2D eigenvalue weighted by Gasteiger charge is 2.30. The van der Waals surface area contributed by atoms with Gasteiger partial charge in [-0.1, -0.05) is 0 Å². The number of hydrogen-bond donors (Lipinski definition) is 1. The molecular formula is C12H7F3N2O. The van der Waals surface area contributed by atoms with Crippen molar-refractivity contribution in [1.82, 2.24) is 9.97 Å². The van der Waals surface area contributed by atoms with E-state index in [1.165, 1.54) is 12.3 Å². The Labute approximate surface area is 99.3 Å². The fraction of sp³-hybridized carbons (Fsp3) is 0.0833. The number of furan rings is 1. The Kier molecular flexibility index (Phi) is 2.19. The Bertz CT molecular complexity index is 683. The van der Waals surface area contributed by atoms with Crippen LogP contribution in [0, 0.1) is 0 Å². The van der Waals surface area contributed by atoms with Crippen molar-refractivity contribution in [3.8, 4) is 11.6 Å². The van der Waals surface area contributed by atoms with Crippen molar-refractivity contribution in [2.45, 2.75) is 6.18 Å². The minimum absolute atomic E-state index is 0.260. The number of H-pyrrole nitrogens is 1. The van der Waals surface area contributed by atoms with Gasteiger partial charge in [0.2, 0.25) is 0 Å². The lowest BCUT2D eigenvalue weighted by Gasteiger charge is -2.04. The summed E-state index contributed by atoms with van der Waals surface area (Å²) < 4.78 is 42.7. The molecule has 0 radical (unpaired) electrons. The maximum absolute atomic E-state index is 12.5. The first-order chi connectivity index (χ1) is 8.54. The van der Waals surface area contributed by atoms with Gasteiger partial charge in [0.05, 0.1) is 22.9 Å². The highest BCUT2D eigenvalue weighted by molar-refractivity contribution is 5.79. The second-order valence-electron chi connectivity index (χ2n) is 3.79. The van der Waals surface area contributed by atoms with Gasteiger partial charge in [0, 0.05) is 0 Å². The molecule has 6 heteroatoms. The zero-order valence-corrected chi connectivity index (χ0v) is 8.95. The number of nitrogens with zero attached hydrogens (tertiary/aromatic N) is 1. The number of rotatable bonds is 1. The number of aromatic amines is 1. The van der Waals surface area contributed by atoms with Crippen LogP contribution in [0.4, 0.5) is 13.2 Å². The minimum atomic E-state index is -4.36. The zero-order chi connectivity index (χ0) is 12.8. The predicted octanol–water partition coefficient (Wildman–Crippen LogP) is 3.84. The van der Waals surface area contributed by atoms with E-state index in [9.17, 15) is 13.2 Å². The molecule has 1 N–H and O–H groups in total. The van der Waals surface area contributed by atoms with Crippen molar-refractivity contribution < 1.29 is 17.6 Å². The molecule has 0 saturated carbocycles. The predicted molar refractivity (Wildman–Crippen MR) is 58.8 cm³/mol. The van der Waals surface area contributed by atoms with Gasteiger partial charge >= 0.3 is 6.18 Å². The third kappa shape index (κ3) is 1.75. The van der Waals surface area contributed by atoms with Gasteiger partial charge in [-0.25, -0.2) is 4.98 Å². The number of halogens is 3. The molecule has 0 saturated heterocycles. The molecule has 0 fully saturated rings. The summed E-state index contributed by atoms with van der Waals surface area (Å²) in [4.78, 5) is 6.98. The van der Waals surface area contributed by atoms with Crippen LogP contribution >= 0.6 is 0 Å². The van der Waals surface area contributed by atoms with Crippen LogP contribution in [0.5, 0.6) is 0 Å². The molecule has 1 aromatic carbocycles. The number of nitrogens with one attached hydrogen (secondary N) is 1. The molecule has 18 heavy (non-hydrogen) atoms. The molecule has 0 aliphatic carbocycles. The van der Waals surface area contributed by atoms with Crippen LogP contribution in [-0.4, -0.2) is 9.97 Å². The van der Waals surface area contributed by atoms with Crippen molar-refractivity contribution in [3.63, 3.8) is 0 Å². The Morgan fingerprint density at radius 3 is 2.67 bits per heavy atom. The van der Waals surface area contributed by atoms with Crippen molar-refractivity contribution in [2.24, 2.45) is 0 Å². The van der Waals surface area contributed by atoms with E-state index in [0.29, 0.717) is 17.1 Å². The lowest BCUT2D eigenvalue weighted by Crippen LogP contribution is -2.04. The number of imidazole rings is 1. The number of benzene rings is 1. The quantitative estimate of drug-likeness (QED) is 0.714. The van der Waals surface area contributed by atoms with E-state index in [0.717, 1.165) is 12.1 Å². The molecule has 92 valence electrons. The highest BCUT2D eigenvalue weighted by Crippen LogP contribution is 2.31. The fourth-order valence-corrected chi connectivity index (χ4v) is 1.71. The van der Waals surface area contributed by atoms with Gasteiger partial charge in [0.1, 0.15) is 0 Å². The van der Waals surface area contributed by atoms with Crippen LogP contribution < -0.4 is 0 Å². The third-order valence-electron chi connectivity index (χ3n) is 2.56. The molecule has 0 bridgehead atoms. The van der Waals surface area contributed by atoms with Gasteiger partial charge in [-0.05, 0) is 30.3 Å². The highest BCUT2D eigenvalue weighted by atomic mass is 19.4. The van der Waals surface area contributed by atoms with Crippen molar-refractivity contribution in [2.75, 3.05) is 0 Å². The van der Waals surface area contributed by atoms with Crippen LogP contribution in [0.1, 0.15) is 5.56 Å².